The van der Waals surface area contributed by atoms with Gasteiger partial charge in [-0.2, -0.15) is 0 Å². The van der Waals surface area contributed by atoms with Crippen molar-refractivity contribution in [3.8, 4) is 0 Å². The summed E-state index contributed by atoms with van der Waals surface area (Å²) in [5, 5.41) is 0. The molecule has 0 bridgehead atoms. The molecule has 2 aromatic carbocycles. The van der Waals surface area contributed by atoms with Crippen LogP contribution in [0.2, 0.25) is 0 Å². The van der Waals surface area contributed by atoms with Gasteiger partial charge in [-0.1, -0.05) is 24.3 Å². The Morgan fingerprint density at radius 3 is 1.96 bits per heavy atom. The molecule has 2 N–H and O–H groups in total. The average molecular weight is 320 g/mol. The van der Waals surface area contributed by atoms with Crippen LogP contribution in [0.4, 0.5) is 11.4 Å². The molecule has 1 heterocycles. The van der Waals surface area contributed by atoms with E-state index in [2.05, 4.69) is 48.3 Å². The van der Waals surface area contributed by atoms with Gasteiger partial charge in [0.25, 0.3) is 0 Å². The molecule has 1 saturated heterocycles. The Labute approximate surface area is 145 Å². The molecule has 24 heavy (non-hydrogen) atoms. The molecule has 0 spiro atoms. The second-order valence-electron chi connectivity index (χ2n) is 7.41. The van der Waals surface area contributed by atoms with Gasteiger partial charge in [-0.15, -0.1) is 0 Å². The standard InChI is InChI=1S/C21H26N3/c1-16-3-7-18(8-4-16)24(13-11-23(2)12-14-24)19-9-5-17(6-10-19)20-15-21(20)22/h1,3-10,20-21H,11-15,22H2,2H3/q+1/t20-,21+/m0/s1. The van der Waals surface area contributed by atoms with E-state index in [0.29, 0.717) is 12.0 Å². The first kappa shape index (κ1) is 15.8. The summed E-state index contributed by atoms with van der Waals surface area (Å²) in [6.45, 7) is 10.3. The summed E-state index contributed by atoms with van der Waals surface area (Å²) in [6, 6.07) is 17.9. The van der Waals surface area contributed by atoms with Gasteiger partial charge in [0.2, 0.25) is 0 Å². The zero-order valence-corrected chi connectivity index (χ0v) is 14.4. The van der Waals surface area contributed by atoms with E-state index in [0.717, 1.165) is 42.6 Å². The lowest BCUT2D eigenvalue weighted by Gasteiger charge is -2.43. The van der Waals surface area contributed by atoms with E-state index >= 15 is 0 Å². The fourth-order valence-corrected chi connectivity index (χ4v) is 3.94. The maximum absolute atomic E-state index is 6.00. The van der Waals surface area contributed by atoms with Crippen molar-refractivity contribution in [2.24, 2.45) is 5.73 Å². The first-order chi connectivity index (χ1) is 11.6. The molecule has 0 unspecified atom stereocenters. The van der Waals surface area contributed by atoms with Crippen molar-refractivity contribution in [2.75, 3.05) is 33.2 Å². The molecular weight excluding hydrogens is 294 g/mol. The molecule has 3 nitrogen and oxygen atoms in total. The van der Waals surface area contributed by atoms with Gasteiger partial charge in [0, 0.05) is 25.0 Å². The number of hydrogen-bond donors (Lipinski definition) is 1. The summed E-state index contributed by atoms with van der Waals surface area (Å²) >= 11 is 0. The van der Waals surface area contributed by atoms with Crippen LogP contribution in [0.25, 0.3) is 0 Å². The van der Waals surface area contributed by atoms with E-state index in [4.69, 9.17) is 12.7 Å². The molecule has 2 atom stereocenters. The number of rotatable bonds is 3. The largest absolute Gasteiger partial charge is 0.327 e. The lowest BCUT2D eigenvalue weighted by Crippen LogP contribution is -2.56. The monoisotopic (exact) mass is 320 g/mol. The van der Waals surface area contributed by atoms with Crippen molar-refractivity contribution in [3.63, 3.8) is 0 Å². The van der Waals surface area contributed by atoms with Gasteiger partial charge in [-0.25, -0.2) is 0 Å². The van der Waals surface area contributed by atoms with E-state index < -0.39 is 0 Å². The van der Waals surface area contributed by atoms with Crippen LogP contribution in [-0.4, -0.2) is 44.2 Å². The van der Waals surface area contributed by atoms with Crippen molar-refractivity contribution in [3.05, 3.63) is 66.6 Å². The van der Waals surface area contributed by atoms with Crippen LogP contribution in [0.1, 0.15) is 23.5 Å². The summed E-state index contributed by atoms with van der Waals surface area (Å²) < 4.78 is 0.904. The number of piperazine rings is 1. The number of nitrogens with zero attached hydrogens (tertiary/aromatic N) is 2. The highest BCUT2D eigenvalue weighted by Gasteiger charge is 2.38. The minimum absolute atomic E-state index is 0.361. The number of quaternary nitrogens is 1. The van der Waals surface area contributed by atoms with Gasteiger partial charge >= 0.3 is 0 Å². The van der Waals surface area contributed by atoms with Gasteiger partial charge < -0.3 is 5.73 Å². The lowest BCUT2D eigenvalue weighted by atomic mass is 10.1. The maximum atomic E-state index is 6.00. The van der Waals surface area contributed by atoms with Gasteiger partial charge in [0.1, 0.15) is 24.5 Å². The summed E-state index contributed by atoms with van der Waals surface area (Å²) in [4.78, 5) is 2.41. The SMILES string of the molecule is [CH]c1ccc([N+]2(c3ccc([C@@H]4C[C@H]4N)cc3)CCN(C)CC2)cc1. The minimum atomic E-state index is 0.361. The molecular formula is C21H26N3+. The summed E-state index contributed by atoms with van der Waals surface area (Å²) in [6.07, 6.45) is 1.13. The van der Waals surface area contributed by atoms with E-state index in [1.807, 2.05) is 12.1 Å². The van der Waals surface area contributed by atoms with Gasteiger partial charge in [-0.05, 0) is 55.8 Å². The van der Waals surface area contributed by atoms with Crippen LogP contribution in [0.3, 0.4) is 0 Å². The highest BCUT2D eigenvalue weighted by atomic mass is 15.4. The van der Waals surface area contributed by atoms with Gasteiger partial charge in [0.15, 0.2) is 0 Å². The smallest absolute Gasteiger partial charge is 0.138 e. The third-order valence-electron chi connectivity index (χ3n) is 5.77. The van der Waals surface area contributed by atoms with Crippen molar-refractivity contribution in [1.29, 1.82) is 0 Å². The Morgan fingerprint density at radius 2 is 1.46 bits per heavy atom. The first-order valence-electron chi connectivity index (χ1n) is 8.86. The fourth-order valence-electron chi connectivity index (χ4n) is 3.94. The molecule has 0 amide bonds. The van der Waals surface area contributed by atoms with Crippen LogP contribution < -0.4 is 10.2 Å². The van der Waals surface area contributed by atoms with E-state index in [1.165, 1.54) is 16.9 Å². The van der Waals surface area contributed by atoms with E-state index in [-0.39, 0.29) is 0 Å². The molecule has 2 fully saturated rings. The Kier molecular flexibility index (Phi) is 3.95. The van der Waals surface area contributed by atoms with Crippen LogP contribution in [0.5, 0.6) is 0 Å². The van der Waals surface area contributed by atoms with Crippen molar-refractivity contribution >= 4 is 11.4 Å². The Balaban J connectivity index is 1.71. The predicted octanol–water partition coefficient (Wildman–Crippen LogP) is 3.14. The number of likely N-dealkylation sites (N-methyl/N-ethyl adjacent to an activating group) is 1. The van der Waals surface area contributed by atoms with Crippen molar-refractivity contribution in [1.82, 2.24) is 9.38 Å². The molecule has 1 aliphatic heterocycles. The number of benzene rings is 2. The normalized spacial score (nSPS) is 26.3. The average Bonchev–Trinajstić information content (AvgIpc) is 3.34. The summed E-state index contributed by atoms with van der Waals surface area (Å²) in [5.41, 5.74) is 10.9. The molecule has 1 aliphatic carbocycles. The maximum Gasteiger partial charge on any atom is 0.138 e. The molecule has 124 valence electrons. The third-order valence-corrected chi connectivity index (χ3v) is 5.77. The zero-order chi connectivity index (χ0) is 16.7. The summed E-state index contributed by atoms with van der Waals surface area (Å²) in [5.74, 6) is 0.566. The van der Waals surface area contributed by atoms with Gasteiger partial charge in [0.05, 0.1) is 0 Å². The number of nitrogens with two attached hydrogens (primary N) is 1. The van der Waals surface area contributed by atoms with Gasteiger partial charge in [-0.3, -0.25) is 9.38 Å². The molecule has 2 radical (unpaired) electrons. The molecule has 3 heteroatoms. The fraction of sp³-hybridized carbons (Fsp3) is 0.381. The highest BCUT2D eigenvalue weighted by Crippen LogP contribution is 2.41. The third kappa shape index (κ3) is 2.77. The van der Waals surface area contributed by atoms with Crippen LogP contribution >= 0.6 is 0 Å². The first-order valence-corrected chi connectivity index (χ1v) is 8.86. The molecule has 4 rings (SSSR count). The molecule has 1 saturated carbocycles. The second-order valence-corrected chi connectivity index (χ2v) is 7.41. The highest BCUT2D eigenvalue weighted by molar-refractivity contribution is 5.60. The molecule has 0 aromatic heterocycles. The Bertz CT molecular complexity index is 697. The number of hydrogen-bond acceptors (Lipinski definition) is 2. The van der Waals surface area contributed by atoms with Crippen LogP contribution in [-0.2, 0) is 0 Å². The lowest BCUT2D eigenvalue weighted by molar-refractivity contribution is 0.204. The van der Waals surface area contributed by atoms with Crippen molar-refractivity contribution in [2.45, 2.75) is 18.4 Å². The zero-order valence-electron chi connectivity index (χ0n) is 14.4. The second kappa shape index (κ2) is 5.99. The quantitative estimate of drug-likeness (QED) is 0.880. The van der Waals surface area contributed by atoms with E-state index in [9.17, 15) is 0 Å². The topological polar surface area (TPSA) is 29.3 Å². The van der Waals surface area contributed by atoms with Crippen molar-refractivity contribution < 1.29 is 0 Å². The van der Waals surface area contributed by atoms with E-state index in [1.54, 1.807) is 0 Å². The van der Waals surface area contributed by atoms with Crippen LogP contribution in [0, 0.1) is 6.92 Å². The molecule has 2 aromatic rings. The minimum Gasteiger partial charge on any atom is -0.327 e. The Hall–Kier alpha value is -1.68. The van der Waals surface area contributed by atoms with Crippen LogP contribution in [0.15, 0.2) is 48.5 Å². The Morgan fingerprint density at radius 1 is 0.958 bits per heavy atom. The molecule has 2 aliphatic rings. The summed E-state index contributed by atoms with van der Waals surface area (Å²) in [7, 11) is 2.20. The predicted molar refractivity (Wildman–Crippen MR) is 100 cm³/mol.